The Balaban J connectivity index is 0.00000512. The molecule has 0 aliphatic heterocycles. The molecule has 0 aromatic heterocycles. The van der Waals surface area contributed by atoms with Crippen LogP contribution in [0.3, 0.4) is 0 Å². The van der Waals surface area contributed by atoms with E-state index in [1.807, 2.05) is 57.2 Å². The number of rotatable bonds is 14. The van der Waals surface area contributed by atoms with Crippen molar-refractivity contribution in [1.29, 1.82) is 0 Å². The number of halogens is 1. The second-order valence-corrected chi connectivity index (χ2v) is 9.56. The average Bonchev–Trinajstić information content (AvgIpc) is 2.78. The lowest BCUT2D eigenvalue weighted by Crippen LogP contribution is -2.46. The van der Waals surface area contributed by atoms with Crippen LogP contribution < -0.4 is 10.6 Å². The highest BCUT2D eigenvalue weighted by Crippen LogP contribution is 2.29. The first kappa shape index (κ1) is 27.9. The van der Waals surface area contributed by atoms with Crippen molar-refractivity contribution in [3.63, 3.8) is 0 Å². The minimum absolute atomic E-state index is 0. The van der Waals surface area contributed by atoms with Gasteiger partial charge in [-0.15, -0.1) is 12.4 Å². The largest absolute Gasteiger partial charge is 0.500 e. The molecule has 176 valence electrons. The van der Waals surface area contributed by atoms with E-state index in [0.717, 1.165) is 41.5 Å². The van der Waals surface area contributed by atoms with Gasteiger partial charge < -0.3 is 23.9 Å². The predicted octanol–water partition coefficient (Wildman–Crippen LogP) is 5.75. The van der Waals surface area contributed by atoms with Gasteiger partial charge in [-0.1, -0.05) is 36.9 Å². The van der Waals surface area contributed by atoms with Crippen molar-refractivity contribution >= 4 is 38.5 Å². The third-order valence-corrected chi connectivity index (χ3v) is 7.80. The Kier molecular flexibility index (Phi) is 12.9. The Morgan fingerprint density at radius 2 is 1.56 bits per heavy atom. The summed E-state index contributed by atoms with van der Waals surface area (Å²) >= 11 is 0. The number of hydrogen-bond acceptors (Lipinski definition) is 5. The third kappa shape index (κ3) is 8.41. The molecule has 0 bridgehead atoms. The zero-order chi connectivity index (χ0) is 22.5. The molecule has 0 saturated heterocycles. The van der Waals surface area contributed by atoms with Crippen LogP contribution in [0, 0.1) is 0 Å². The number of benzene rings is 2. The maximum Gasteiger partial charge on any atom is 0.500 e. The normalized spacial score (nSPS) is 10.8. The topological polar surface area (TPSA) is 68.8 Å². The fourth-order valence-electron chi connectivity index (χ4n) is 3.34. The summed E-state index contributed by atoms with van der Waals surface area (Å²) in [4.78, 5) is 11.5. The van der Waals surface area contributed by atoms with E-state index in [1.165, 1.54) is 6.08 Å². The molecule has 0 unspecified atom stereocenters. The number of para-hydroxylation sites is 1. The van der Waals surface area contributed by atoms with Gasteiger partial charge in [-0.2, -0.15) is 0 Å². The molecule has 0 aliphatic carbocycles. The monoisotopic (exact) mass is 478 g/mol. The standard InChI is InChI=1S/C24H34N2O4Si.ClH/c1-5-24(27)26-21-16-14-20(15-17-21)22-12-9-10-13-23(22)25-18-11-19-31(28-6-2,29-7-3)30-8-4;/h5,9-10,12-17,25H,1,6-8,11,18-19H2,2-4H3,(H,26,27);1H. The van der Waals surface area contributed by atoms with Gasteiger partial charge in [0.05, 0.1) is 0 Å². The molecule has 6 nitrogen and oxygen atoms in total. The van der Waals surface area contributed by atoms with Crippen molar-refractivity contribution < 1.29 is 18.1 Å². The fourth-order valence-corrected chi connectivity index (χ4v) is 5.96. The maximum absolute atomic E-state index is 11.5. The summed E-state index contributed by atoms with van der Waals surface area (Å²) in [6, 6.07) is 16.7. The molecule has 0 saturated carbocycles. The van der Waals surface area contributed by atoms with Crippen LogP contribution in [0.25, 0.3) is 11.1 Å². The molecule has 8 heteroatoms. The first-order valence-electron chi connectivity index (χ1n) is 10.9. The van der Waals surface area contributed by atoms with Gasteiger partial charge in [0.25, 0.3) is 0 Å². The quantitative estimate of drug-likeness (QED) is 0.205. The maximum atomic E-state index is 11.5. The molecule has 32 heavy (non-hydrogen) atoms. The summed E-state index contributed by atoms with van der Waals surface area (Å²) in [6.45, 7) is 11.9. The molecule has 0 atom stereocenters. The zero-order valence-electron chi connectivity index (χ0n) is 19.2. The van der Waals surface area contributed by atoms with Gasteiger partial charge in [-0.25, -0.2) is 0 Å². The van der Waals surface area contributed by atoms with Crippen molar-refractivity contribution in [2.45, 2.75) is 33.2 Å². The Labute approximate surface area is 199 Å². The molecule has 1 amide bonds. The lowest BCUT2D eigenvalue weighted by molar-refractivity contribution is -0.111. The number of amides is 1. The average molecular weight is 479 g/mol. The highest BCUT2D eigenvalue weighted by atomic mass is 35.5. The second kappa shape index (κ2) is 14.8. The van der Waals surface area contributed by atoms with Gasteiger partial charge in [0, 0.05) is 49.3 Å². The summed E-state index contributed by atoms with van der Waals surface area (Å²) < 4.78 is 17.8. The van der Waals surface area contributed by atoms with Gasteiger partial charge in [0.1, 0.15) is 0 Å². The molecule has 0 fully saturated rings. The van der Waals surface area contributed by atoms with Crippen LogP contribution in [0.15, 0.2) is 61.2 Å². The van der Waals surface area contributed by atoms with Crippen LogP contribution in [0.5, 0.6) is 0 Å². The summed E-state index contributed by atoms with van der Waals surface area (Å²) in [6.07, 6.45) is 2.14. The molecule has 2 aromatic rings. The van der Waals surface area contributed by atoms with Crippen molar-refractivity contribution in [3.8, 4) is 11.1 Å². The molecule has 2 N–H and O–H groups in total. The van der Waals surface area contributed by atoms with Crippen LogP contribution in [0.2, 0.25) is 6.04 Å². The van der Waals surface area contributed by atoms with Crippen LogP contribution in [-0.2, 0) is 18.1 Å². The molecule has 0 radical (unpaired) electrons. The third-order valence-electron chi connectivity index (χ3n) is 4.64. The fraction of sp³-hybridized carbons (Fsp3) is 0.375. The van der Waals surface area contributed by atoms with E-state index in [2.05, 4.69) is 29.3 Å². The summed E-state index contributed by atoms with van der Waals surface area (Å²) in [5, 5.41) is 6.31. The van der Waals surface area contributed by atoms with E-state index in [9.17, 15) is 4.79 Å². The Morgan fingerprint density at radius 1 is 0.969 bits per heavy atom. The molecule has 2 aromatic carbocycles. The summed E-state index contributed by atoms with van der Waals surface area (Å²) in [7, 11) is -2.62. The molecule has 0 spiro atoms. The predicted molar refractivity (Wildman–Crippen MR) is 136 cm³/mol. The Hall–Kier alpha value is -2.16. The van der Waals surface area contributed by atoms with Crippen LogP contribution >= 0.6 is 12.4 Å². The first-order valence-corrected chi connectivity index (χ1v) is 12.8. The summed E-state index contributed by atoms with van der Waals surface area (Å²) in [5.74, 6) is -0.222. The van der Waals surface area contributed by atoms with Gasteiger partial charge in [0.2, 0.25) is 5.91 Å². The van der Waals surface area contributed by atoms with E-state index in [0.29, 0.717) is 19.8 Å². The number of anilines is 2. The smallest absolute Gasteiger partial charge is 0.385 e. The molecule has 0 heterocycles. The minimum Gasteiger partial charge on any atom is -0.385 e. The van der Waals surface area contributed by atoms with E-state index in [1.54, 1.807) is 0 Å². The van der Waals surface area contributed by atoms with Gasteiger partial charge in [-0.05, 0) is 57.0 Å². The molecule has 2 rings (SSSR count). The summed E-state index contributed by atoms with van der Waals surface area (Å²) in [5.41, 5.74) is 3.97. The lowest BCUT2D eigenvalue weighted by atomic mass is 10.0. The number of carbonyl (C=O) groups is 1. The van der Waals surface area contributed by atoms with Crippen molar-refractivity contribution in [2.75, 3.05) is 37.0 Å². The van der Waals surface area contributed by atoms with E-state index in [4.69, 9.17) is 13.3 Å². The zero-order valence-corrected chi connectivity index (χ0v) is 21.0. The van der Waals surface area contributed by atoms with E-state index in [-0.39, 0.29) is 18.3 Å². The first-order chi connectivity index (χ1) is 15.1. The van der Waals surface area contributed by atoms with Crippen LogP contribution in [0.1, 0.15) is 27.2 Å². The van der Waals surface area contributed by atoms with E-state index >= 15 is 0 Å². The van der Waals surface area contributed by atoms with Crippen molar-refractivity contribution in [1.82, 2.24) is 0 Å². The van der Waals surface area contributed by atoms with Crippen molar-refractivity contribution in [3.05, 3.63) is 61.2 Å². The van der Waals surface area contributed by atoms with Crippen LogP contribution in [-0.4, -0.2) is 41.1 Å². The van der Waals surface area contributed by atoms with Crippen molar-refractivity contribution in [2.24, 2.45) is 0 Å². The molecule has 0 aliphatic rings. The highest BCUT2D eigenvalue weighted by molar-refractivity contribution is 6.60. The Bertz CT molecular complexity index is 816. The second-order valence-electron chi connectivity index (χ2n) is 6.83. The van der Waals surface area contributed by atoms with Gasteiger partial charge >= 0.3 is 8.80 Å². The molecular formula is C24H35ClN2O4Si. The number of hydrogen-bond donors (Lipinski definition) is 2. The Morgan fingerprint density at radius 3 is 2.12 bits per heavy atom. The number of nitrogens with one attached hydrogen (secondary N) is 2. The minimum atomic E-state index is -2.62. The van der Waals surface area contributed by atoms with E-state index < -0.39 is 8.80 Å². The molecular weight excluding hydrogens is 444 g/mol. The van der Waals surface area contributed by atoms with Crippen LogP contribution in [0.4, 0.5) is 11.4 Å². The highest BCUT2D eigenvalue weighted by Gasteiger charge is 2.39. The number of carbonyl (C=O) groups excluding carboxylic acids is 1. The van der Waals surface area contributed by atoms with Gasteiger partial charge in [0.15, 0.2) is 0 Å². The van der Waals surface area contributed by atoms with Gasteiger partial charge in [-0.3, -0.25) is 4.79 Å². The SMILES string of the molecule is C=CC(=O)Nc1ccc(-c2ccccc2NCCC[Si](OCC)(OCC)OCC)cc1.Cl. The lowest BCUT2D eigenvalue weighted by Gasteiger charge is -2.28.